The van der Waals surface area contributed by atoms with E-state index in [4.69, 9.17) is 24.3 Å². The average Bonchev–Trinajstić information content (AvgIpc) is 3.19. The summed E-state index contributed by atoms with van der Waals surface area (Å²) >= 11 is 0. The van der Waals surface area contributed by atoms with Crippen molar-refractivity contribution in [2.24, 2.45) is 5.73 Å². The first kappa shape index (κ1) is 53.2. The van der Waals surface area contributed by atoms with Crippen LogP contribution < -0.4 is 5.73 Å². The highest BCUT2D eigenvalue weighted by Crippen LogP contribution is 2.43. The molecule has 0 aliphatic carbocycles. The molecule has 2 unspecified atom stereocenters. The summed E-state index contributed by atoms with van der Waals surface area (Å²) in [6, 6.07) is 0. The number of esters is 1. The van der Waals surface area contributed by atoms with E-state index in [1.165, 1.54) is 12.8 Å². The molecule has 0 aliphatic heterocycles. The molecule has 318 valence electrons. The van der Waals surface area contributed by atoms with Gasteiger partial charge in [0.1, 0.15) is 6.10 Å². The van der Waals surface area contributed by atoms with Crippen LogP contribution in [0.1, 0.15) is 142 Å². The van der Waals surface area contributed by atoms with Crippen LogP contribution in [0.25, 0.3) is 0 Å². The predicted molar refractivity (Wildman–Crippen MR) is 237 cm³/mol. The number of rotatable bonds is 39. The Balaban J connectivity index is 4.19. The van der Waals surface area contributed by atoms with Crippen LogP contribution in [0.5, 0.6) is 0 Å². The number of carbonyl (C=O) groups is 1. The Morgan fingerprint density at radius 3 is 1.41 bits per heavy atom. The molecule has 0 heterocycles. The largest absolute Gasteiger partial charge is 0.472 e. The van der Waals surface area contributed by atoms with E-state index in [0.29, 0.717) is 6.61 Å². The number of carbonyl (C=O) groups excluding carboxylic acids is 1. The summed E-state index contributed by atoms with van der Waals surface area (Å²) in [5, 5.41) is 0. The van der Waals surface area contributed by atoms with Gasteiger partial charge in [-0.25, -0.2) is 4.57 Å². The number of hydrogen-bond acceptors (Lipinski definition) is 7. The molecule has 0 saturated carbocycles. The summed E-state index contributed by atoms with van der Waals surface area (Å²) in [5.41, 5.74) is 5.36. The second-order valence-corrected chi connectivity index (χ2v) is 14.9. The van der Waals surface area contributed by atoms with Gasteiger partial charge in [0.25, 0.3) is 0 Å². The van der Waals surface area contributed by atoms with E-state index in [2.05, 4.69) is 123 Å². The maximum absolute atomic E-state index is 12.6. The Kier molecular flexibility index (Phi) is 41.1. The first-order valence-electron chi connectivity index (χ1n) is 21.4. The number of allylic oxidation sites excluding steroid dienone is 18. The van der Waals surface area contributed by atoms with Crippen LogP contribution in [-0.4, -0.2) is 49.9 Å². The van der Waals surface area contributed by atoms with E-state index in [-0.39, 0.29) is 38.8 Å². The second kappa shape index (κ2) is 43.3. The molecule has 2 atom stereocenters. The Hall–Kier alpha value is -2.84. The molecule has 0 aromatic heterocycles. The summed E-state index contributed by atoms with van der Waals surface area (Å²) in [6.45, 7) is 4.52. The van der Waals surface area contributed by atoms with Crippen LogP contribution in [0, 0.1) is 0 Å². The summed E-state index contributed by atoms with van der Waals surface area (Å²) in [7, 11) is -4.30. The lowest BCUT2D eigenvalue weighted by Gasteiger charge is -2.20. The van der Waals surface area contributed by atoms with Gasteiger partial charge in [0, 0.05) is 19.6 Å². The molecule has 0 aromatic carbocycles. The van der Waals surface area contributed by atoms with Crippen molar-refractivity contribution in [1.29, 1.82) is 0 Å². The van der Waals surface area contributed by atoms with Crippen LogP contribution in [-0.2, 0) is 27.9 Å². The van der Waals surface area contributed by atoms with E-state index in [1.54, 1.807) is 0 Å². The molecule has 9 heteroatoms. The van der Waals surface area contributed by atoms with Gasteiger partial charge in [0.05, 0.1) is 19.8 Å². The molecule has 56 heavy (non-hydrogen) atoms. The summed E-state index contributed by atoms with van der Waals surface area (Å²) < 4.78 is 33.4. The predicted octanol–water partition coefficient (Wildman–Crippen LogP) is 12.9. The number of nitrogens with two attached hydrogens (primary N) is 1. The number of hydrogen-bond donors (Lipinski definition) is 2. The molecule has 3 N–H and O–H groups in total. The normalized spacial score (nSPS) is 14.6. The highest BCUT2D eigenvalue weighted by molar-refractivity contribution is 7.47. The van der Waals surface area contributed by atoms with Gasteiger partial charge in [-0.1, -0.05) is 149 Å². The Labute approximate surface area is 342 Å². The van der Waals surface area contributed by atoms with E-state index in [9.17, 15) is 14.3 Å². The van der Waals surface area contributed by atoms with Crippen LogP contribution >= 0.6 is 7.82 Å². The lowest BCUT2D eigenvalue weighted by atomic mass is 10.1. The van der Waals surface area contributed by atoms with E-state index >= 15 is 0 Å². The first-order valence-corrected chi connectivity index (χ1v) is 22.9. The van der Waals surface area contributed by atoms with E-state index in [1.807, 2.05) is 0 Å². The van der Waals surface area contributed by atoms with Crippen molar-refractivity contribution in [3.05, 3.63) is 109 Å². The van der Waals surface area contributed by atoms with Gasteiger partial charge < -0.3 is 20.1 Å². The molecule has 0 bridgehead atoms. The third-order valence-corrected chi connectivity index (χ3v) is 9.17. The molecule has 0 aromatic rings. The SMILES string of the molecule is CC/C=C\C/C=C\C/C=C\C/C=C\C/C=C\CCCCOCC(COP(=O)(O)OCCN)OC(=O)CCCCCCCC/C=C\C/C=C\C/C=C\C/C=C\CC. The minimum absolute atomic E-state index is 0.0730. The number of phosphoric ester groups is 1. The van der Waals surface area contributed by atoms with E-state index < -0.39 is 13.9 Å². The minimum atomic E-state index is -4.30. The van der Waals surface area contributed by atoms with Crippen molar-refractivity contribution in [2.75, 3.05) is 33.0 Å². The molecule has 0 aliphatic rings. The molecule has 0 saturated heterocycles. The van der Waals surface area contributed by atoms with Crippen LogP contribution in [0.3, 0.4) is 0 Å². The van der Waals surface area contributed by atoms with E-state index in [0.717, 1.165) is 109 Å². The second-order valence-electron chi connectivity index (χ2n) is 13.4. The van der Waals surface area contributed by atoms with Gasteiger partial charge in [0.15, 0.2) is 0 Å². The fraction of sp³-hybridized carbons (Fsp3) is 0.596. The van der Waals surface area contributed by atoms with Crippen molar-refractivity contribution in [2.45, 2.75) is 148 Å². The number of phosphoric acid groups is 1. The zero-order valence-corrected chi connectivity index (χ0v) is 36.0. The first-order chi connectivity index (χ1) is 27.4. The molecule has 0 rings (SSSR count). The zero-order chi connectivity index (χ0) is 40.9. The summed E-state index contributed by atoms with van der Waals surface area (Å²) in [5.74, 6) is -0.365. The van der Waals surface area contributed by atoms with Crippen LogP contribution in [0.4, 0.5) is 0 Å². The molecule has 0 spiro atoms. The average molecular weight is 800 g/mol. The van der Waals surface area contributed by atoms with Gasteiger partial charge in [-0.3, -0.25) is 13.8 Å². The van der Waals surface area contributed by atoms with Crippen LogP contribution in [0.2, 0.25) is 0 Å². The van der Waals surface area contributed by atoms with Crippen molar-refractivity contribution >= 4 is 13.8 Å². The maximum Gasteiger partial charge on any atom is 0.472 e. The quantitative estimate of drug-likeness (QED) is 0.0273. The molecule has 0 amide bonds. The Morgan fingerprint density at radius 2 is 0.946 bits per heavy atom. The van der Waals surface area contributed by atoms with Gasteiger partial charge in [-0.15, -0.1) is 0 Å². The van der Waals surface area contributed by atoms with Gasteiger partial charge in [0.2, 0.25) is 0 Å². The maximum atomic E-state index is 12.6. The van der Waals surface area contributed by atoms with Crippen molar-refractivity contribution in [1.82, 2.24) is 0 Å². The molecule has 0 fully saturated rings. The van der Waals surface area contributed by atoms with Crippen molar-refractivity contribution in [3.63, 3.8) is 0 Å². The Morgan fingerprint density at radius 1 is 0.536 bits per heavy atom. The molecule has 0 radical (unpaired) electrons. The smallest absolute Gasteiger partial charge is 0.457 e. The molecule has 8 nitrogen and oxygen atoms in total. The van der Waals surface area contributed by atoms with Crippen LogP contribution in [0.15, 0.2) is 109 Å². The third-order valence-electron chi connectivity index (χ3n) is 8.19. The monoisotopic (exact) mass is 800 g/mol. The van der Waals surface area contributed by atoms with Crippen molar-refractivity contribution < 1.29 is 32.8 Å². The highest BCUT2D eigenvalue weighted by atomic mass is 31.2. The lowest BCUT2D eigenvalue weighted by molar-refractivity contribution is -0.154. The Bertz CT molecular complexity index is 1210. The number of unbranched alkanes of at least 4 members (excludes halogenated alkanes) is 8. The fourth-order valence-corrected chi connectivity index (χ4v) is 5.89. The van der Waals surface area contributed by atoms with Crippen molar-refractivity contribution in [3.8, 4) is 0 Å². The highest BCUT2D eigenvalue weighted by Gasteiger charge is 2.25. The molecular weight excluding hydrogens is 721 g/mol. The third kappa shape index (κ3) is 42.3. The molecular formula is C47H78NO7P. The minimum Gasteiger partial charge on any atom is -0.457 e. The number of ether oxygens (including phenoxy) is 2. The summed E-state index contributed by atoms with van der Waals surface area (Å²) in [4.78, 5) is 22.5. The standard InChI is InChI=1S/C47H78NO7P/c1-3-5-7-9-11-13-15-17-19-21-23-24-26-28-30-32-34-36-38-40-47(49)55-46(45-54-56(50,51)53-43-41-48)44-52-42-39-37-35-33-31-29-27-25-22-20-18-16-14-12-10-8-6-4-2/h5-8,11-14,17-20,23-25,27,31,33,46H,3-4,9-10,15-16,21-22,26,28-30,32,34-45,48H2,1-2H3,(H,50,51)/b7-5-,8-6-,13-11-,14-12-,19-17-,20-18-,24-23-,27-25-,33-31-. The lowest BCUT2D eigenvalue weighted by Crippen LogP contribution is -2.28. The van der Waals surface area contributed by atoms with Gasteiger partial charge in [-0.2, -0.15) is 0 Å². The zero-order valence-electron chi connectivity index (χ0n) is 35.1. The fourth-order valence-electron chi connectivity index (χ4n) is 5.13. The van der Waals surface area contributed by atoms with Gasteiger partial charge in [-0.05, 0) is 96.3 Å². The topological polar surface area (TPSA) is 117 Å². The van der Waals surface area contributed by atoms with Gasteiger partial charge >= 0.3 is 13.8 Å². The summed E-state index contributed by atoms with van der Waals surface area (Å²) in [6.07, 6.45) is 58.2.